The highest BCUT2D eigenvalue weighted by molar-refractivity contribution is 6.06. The largest absolute Gasteiger partial charge is 0.481 e. The lowest BCUT2D eigenvalue weighted by Gasteiger charge is -2.32. The van der Waals surface area contributed by atoms with Crippen molar-refractivity contribution in [1.82, 2.24) is 9.97 Å². The number of carboxylic acid groups (broad SMARTS) is 1. The van der Waals surface area contributed by atoms with Gasteiger partial charge in [0, 0.05) is 23.2 Å². The molecular weight excluding hydrogens is 252 g/mol. The summed E-state index contributed by atoms with van der Waals surface area (Å²) in [6, 6.07) is 8.19. The van der Waals surface area contributed by atoms with Crippen molar-refractivity contribution in [3.63, 3.8) is 0 Å². The van der Waals surface area contributed by atoms with Crippen molar-refractivity contribution in [2.45, 2.75) is 18.8 Å². The number of benzene rings is 1. The quantitative estimate of drug-likeness (QED) is 0.748. The summed E-state index contributed by atoms with van der Waals surface area (Å²) < 4.78 is 0. The SMILES string of the molecule is O=C(O)[C@H]1C[C@@H](c2c[nH]c3ncc4ccccc4c32)C1. The Balaban J connectivity index is 1.85. The van der Waals surface area contributed by atoms with Crippen molar-refractivity contribution in [3.05, 3.63) is 42.2 Å². The number of carboxylic acids is 1. The fourth-order valence-corrected chi connectivity index (χ4v) is 3.18. The number of hydrogen-bond donors (Lipinski definition) is 2. The number of H-pyrrole nitrogens is 1. The maximum absolute atomic E-state index is 11.0. The minimum atomic E-state index is -0.677. The van der Waals surface area contributed by atoms with E-state index in [9.17, 15) is 4.79 Å². The molecule has 0 spiro atoms. The highest BCUT2D eigenvalue weighted by Gasteiger charge is 2.36. The van der Waals surface area contributed by atoms with Gasteiger partial charge in [-0.2, -0.15) is 0 Å². The lowest BCUT2D eigenvalue weighted by molar-refractivity contribution is -0.145. The van der Waals surface area contributed by atoms with Gasteiger partial charge in [0.1, 0.15) is 5.65 Å². The third-order valence-corrected chi connectivity index (χ3v) is 4.38. The first-order valence-corrected chi connectivity index (χ1v) is 6.81. The molecule has 100 valence electrons. The molecule has 20 heavy (non-hydrogen) atoms. The molecule has 4 nitrogen and oxygen atoms in total. The summed E-state index contributed by atoms with van der Waals surface area (Å²) in [5.41, 5.74) is 2.10. The highest BCUT2D eigenvalue weighted by Crippen LogP contribution is 2.45. The number of nitrogens with one attached hydrogen (secondary N) is 1. The van der Waals surface area contributed by atoms with Gasteiger partial charge >= 0.3 is 5.97 Å². The van der Waals surface area contributed by atoms with Gasteiger partial charge in [0.15, 0.2) is 0 Å². The Morgan fingerprint density at radius 1 is 1.30 bits per heavy atom. The fourth-order valence-electron chi connectivity index (χ4n) is 3.18. The molecule has 2 N–H and O–H groups in total. The van der Waals surface area contributed by atoms with E-state index in [0.29, 0.717) is 5.92 Å². The maximum atomic E-state index is 11.0. The summed E-state index contributed by atoms with van der Waals surface area (Å²) in [6.45, 7) is 0. The van der Waals surface area contributed by atoms with Gasteiger partial charge in [-0.1, -0.05) is 24.3 Å². The molecule has 1 aliphatic rings. The van der Waals surface area contributed by atoms with Crippen LogP contribution < -0.4 is 0 Å². The van der Waals surface area contributed by atoms with Crippen LogP contribution in [-0.2, 0) is 4.79 Å². The molecule has 1 saturated carbocycles. The first kappa shape index (κ1) is 11.5. The van der Waals surface area contributed by atoms with Crippen LogP contribution in [0.15, 0.2) is 36.7 Å². The summed E-state index contributed by atoms with van der Waals surface area (Å²) in [7, 11) is 0. The van der Waals surface area contributed by atoms with Crippen molar-refractivity contribution in [2.24, 2.45) is 5.92 Å². The van der Waals surface area contributed by atoms with Crippen molar-refractivity contribution >= 4 is 27.8 Å². The third kappa shape index (κ3) is 1.54. The molecule has 0 radical (unpaired) electrons. The number of aliphatic carboxylic acids is 1. The van der Waals surface area contributed by atoms with E-state index < -0.39 is 5.97 Å². The Morgan fingerprint density at radius 2 is 2.10 bits per heavy atom. The van der Waals surface area contributed by atoms with Crippen LogP contribution in [0.25, 0.3) is 21.8 Å². The van der Waals surface area contributed by atoms with Gasteiger partial charge in [-0.15, -0.1) is 0 Å². The first-order chi connectivity index (χ1) is 9.74. The van der Waals surface area contributed by atoms with E-state index in [2.05, 4.69) is 22.1 Å². The second-order valence-electron chi connectivity index (χ2n) is 5.52. The van der Waals surface area contributed by atoms with E-state index in [0.717, 1.165) is 29.3 Å². The molecule has 0 bridgehead atoms. The lowest BCUT2D eigenvalue weighted by Crippen LogP contribution is -2.28. The summed E-state index contributed by atoms with van der Waals surface area (Å²) in [5.74, 6) is -0.533. The predicted molar refractivity (Wildman–Crippen MR) is 76.7 cm³/mol. The number of aromatic amines is 1. The maximum Gasteiger partial charge on any atom is 0.306 e. The van der Waals surface area contributed by atoms with E-state index in [1.54, 1.807) is 0 Å². The molecule has 2 heterocycles. The van der Waals surface area contributed by atoms with Crippen LogP contribution in [0, 0.1) is 5.92 Å². The Bertz CT molecular complexity index is 816. The zero-order valence-electron chi connectivity index (χ0n) is 10.8. The second-order valence-corrected chi connectivity index (χ2v) is 5.52. The van der Waals surface area contributed by atoms with Crippen LogP contribution >= 0.6 is 0 Å². The number of hydrogen-bond acceptors (Lipinski definition) is 2. The summed E-state index contributed by atoms with van der Waals surface area (Å²) in [5, 5.41) is 12.5. The van der Waals surface area contributed by atoms with E-state index >= 15 is 0 Å². The zero-order valence-corrected chi connectivity index (χ0v) is 10.8. The van der Waals surface area contributed by atoms with Crippen LogP contribution in [0.5, 0.6) is 0 Å². The second kappa shape index (κ2) is 4.07. The minimum Gasteiger partial charge on any atom is -0.481 e. The van der Waals surface area contributed by atoms with Gasteiger partial charge in [-0.25, -0.2) is 4.98 Å². The molecule has 1 aromatic carbocycles. The number of pyridine rings is 1. The highest BCUT2D eigenvalue weighted by atomic mass is 16.4. The Kier molecular flexibility index (Phi) is 2.33. The van der Waals surface area contributed by atoms with E-state index in [1.165, 1.54) is 10.9 Å². The Morgan fingerprint density at radius 3 is 2.90 bits per heavy atom. The topological polar surface area (TPSA) is 66.0 Å². The van der Waals surface area contributed by atoms with Gasteiger partial charge in [0.2, 0.25) is 0 Å². The van der Waals surface area contributed by atoms with Crippen molar-refractivity contribution < 1.29 is 9.90 Å². The predicted octanol–water partition coefficient (Wildman–Crippen LogP) is 3.29. The molecule has 0 aliphatic heterocycles. The average Bonchev–Trinajstić information content (AvgIpc) is 2.81. The summed E-state index contributed by atoms with van der Waals surface area (Å²) in [6.07, 6.45) is 5.32. The molecule has 4 heteroatoms. The normalized spacial score (nSPS) is 22.0. The minimum absolute atomic E-state index is 0.187. The Hall–Kier alpha value is -2.36. The number of fused-ring (bicyclic) bond motifs is 3. The van der Waals surface area contributed by atoms with Crippen LogP contribution in [0.2, 0.25) is 0 Å². The summed E-state index contributed by atoms with van der Waals surface area (Å²) in [4.78, 5) is 18.6. The monoisotopic (exact) mass is 266 g/mol. The smallest absolute Gasteiger partial charge is 0.306 e. The molecule has 1 aliphatic carbocycles. The number of rotatable bonds is 2. The number of aromatic nitrogens is 2. The van der Waals surface area contributed by atoms with E-state index in [4.69, 9.17) is 5.11 Å². The van der Waals surface area contributed by atoms with E-state index in [1.807, 2.05) is 24.5 Å². The van der Waals surface area contributed by atoms with Crippen LogP contribution in [-0.4, -0.2) is 21.0 Å². The molecule has 0 atom stereocenters. The molecule has 0 amide bonds. The van der Waals surface area contributed by atoms with E-state index in [-0.39, 0.29) is 5.92 Å². The molecule has 3 aromatic rings. The average molecular weight is 266 g/mol. The molecular formula is C16H14N2O2. The van der Waals surface area contributed by atoms with Crippen LogP contribution in [0.4, 0.5) is 0 Å². The molecule has 0 unspecified atom stereocenters. The Labute approximate surface area is 115 Å². The van der Waals surface area contributed by atoms with Crippen LogP contribution in [0.1, 0.15) is 24.3 Å². The van der Waals surface area contributed by atoms with Gasteiger partial charge in [0.25, 0.3) is 0 Å². The standard InChI is InChI=1S/C16H14N2O2/c19-16(20)11-5-10(6-11)13-8-18-15-14(13)12-4-2-1-3-9(12)7-17-15/h1-4,7-8,10-11H,5-6H2,(H,17,18)(H,19,20)/t10-,11+. The van der Waals surface area contributed by atoms with Gasteiger partial charge in [0.05, 0.1) is 5.92 Å². The fraction of sp³-hybridized carbons (Fsp3) is 0.250. The summed E-state index contributed by atoms with van der Waals surface area (Å²) >= 11 is 0. The van der Waals surface area contributed by atoms with Gasteiger partial charge < -0.3 is 10.1 Å². The first-order valence-electron chi connectivity index (χ1n) is 6.81. The van der Waals surface area contributed by atoms with Crippen molar-refractivity contribution in [1.29, 1.82) is 0 Å². The number of nitrogens with zero attached hydrogens (tertiary/aromatic N) is 1. The zero-order chi connectivity index (χ0) is 13.7. The van der Waals surface area contributed by atoms with Crippen molar-refractivity contribution in [3.8, 4) is 0 Å². The van der Waals surface area contributed by atoms with Gasteiger partial charge in [-0.3, -0.25) is 4.79 Å². The molecule has 1 fully saturated rings. The molecule has 0 saturated heterocycles. The lowest BCUT2D eigenvalue weighted by atomic mass is 9.71. The van der Waals surface area contributed by atoms with Crippen molar-refractivity contribution in [2.75, 3.05) is 0 Å². The van der Waals surface area contributed by atoms with Crippen LogP contribution in [0.3, 0.4) is 0 Å². The third-order valence-electron chi connectivity index (χ3n) is 4.38. The number of carbonyl (C=O) groups is 1. The molecule has 2 aromatic heterocycles. The molecule has 4 rings (SSSR count). The van der Waals surface area contributed by atoms with Gasteiger partial charge in [-0.05, 0) is 29.7 Å².